The molecule has 4 atom stereocenters. The molecule has 0 aromatic heterocycles. The number of likely N-dealkylation sites (tertiary alicyclic amines) is 1. The average Bonchev–Trinajstić information content (AvgIpc) is 3.17. The van der Waals surface area contributed by atoms with Crippen LogP contribution >= 0.6 is 0 Å². The Balaban J connectivity index is 1.64. The van der Waals surface area contributed by atoms with E-state index < -0.39 is 12.7 Å². The zero-order chi connectivity index (χ0) is 19.4. The van der Waals surface area contributed by atoms with Gasteiger partial charge in [-0.3, -0.25) is 4.79 Å². The summed E-state index contributed by atoms with van der Waals surface area (Å²) in [6.45, 7) is 3.26. The second kappa shape index (κ2) is 9.41. The Labute approximate surface area is 159 Å². The first-order valence-corrected chi connectivity index (χ1v) is 10.3. The maximum absolute atomic E-state index is 13.5. The van der Waals surface area contributed by atoms with E-state index in [2.05, 4.69) is 17.2 Å². The molecule has 4 unspecified atom stereocenters. The molecule has 4 nitrogen and oxygen atoms in total. The first-order valence-electron chi connectivity index (χ1n) is 10.3. The van der Waals surface area contributed by atoms with Crippen molar-refractivity contribution in [2.45, 2.75) is 57.3 Å². The lowest BCUT2D eigenvalue weighted by Crippen LogP contribution is -2.53. The van der Waals surface area contributed by atoms with E-state index >= 15 is 0 Å². The van der Waals surface area contributed by atoms with E-state index in [1.807, 2.05) is 0 Å². The molecule has 2 N–H and O–H groups in total. The molecule has 0 aromatic carbocycles. The molecule has 154 valence electrons. The van der Waals surface area contributed by atoms with Crippen LogP contribution in [-0.2, 0) is 4.79 Å². The van der Waals surface area contributed by atoms with Gasteiger partial charge < -0.3 is 10.6 Å². The third-order valence-corrected chi connectivity index (χ3v) is 6.91. The van der Waals surface area contributed by atoms with Crippen molar-refractivity contribution >= 4 is 5.91 Å². The maximum atomic E-state index is 13.5. The molecule has 0 bridgehead atoms. The minimum atomic E-state index is -2.40. The molecule has 2 heterocycles. The molecule has 1 amide bonds. The summed E-state index contributed by atoms with van der Waals surface area (Å²) < 4.78 is 39.7. The lowest BCUT2D eigenvalue weighted by atomic mass is 9.70. The van der Waals surface area contributed by atoms with E-state index in [4.69, 9.17) is 0 Å². The smallest absolute Gasteiger partial charge is 0.294 e. The number of nitrogens with zero attached hydrogens (tertiary/aromatic N) is 1. The van der Waals surface area contributed by atoms with Gasteiger partial charge in [-0.2, -0.15) is 8.78 Å². The molecule has 27 heavy (non-hydrogen) atoms. The van der Waals surface area contributed by atoms with Crippen molar-refractivity contribution in [1.29, 1.82) is 0 Å². The SMILES string of the molecule is C=CC(=O)NCC1CNC(C2CCC(F)CC2)CC1C1CCN(C(F)F)C1. The number of piperidine rings is 1. The number of rotatable bonds is 6. The lowest BCUT2D eigenvalue weighted by molar-refractivity contribution is -0.116. The fraction of sp³-hybridized carbons (Fsp3) is 0.850. The minimum absolute atomic E-state index is 0.197. The Morgan fingerprint density at radius 3 is 2.59 bits per heavy atom. The highest BCUT2D eigenvalue weighted by atomic mass is 19.3. The second-order valence-electron chi connectivity index (χ2n) is 8.46. The molecule has 0 spiro atoms. The van der Waals surface area contributed by atoms with Gasteiger partial charge in [-0.25, -0.2) is 9.29 Å². The average molecular weight is 387 g/mol. The van der Waals surface area contributed by atoms with Crippen LogP contribution in [0, 0.1) is 23.7 Å². The largest absolute Gasteiger partial charge is 0.352 e. The van der Waals surface area contributed by atoms with E-state index in [1.54, 1.807) is 0 Å². The first kappa shape index (κ1) is 20.6. The summed E-state index contributed by atoms with van der Waals surface area (Å²) >= 11 is 0. The van der Waals surface area contributed by atoms with Crippen molar-refractivity contribution < 1.29 is 18.0 Å². The number of halogens is 3. The zero-order valence-electron chi connectivity index (χ0n) is 15.9. The van der Waals surface area contributed by atoms with Crippen LogP contribution in [0.15, 0.2) is 12.7 Å². The molecular weight excluding hydrogens is 355 g/mol. The highest BCUT2D eigenvalue weighted by molar-refractivity contribution is 5.86. The van der Waals surface area contributed by atoms with E-state index in [0.29, 0.717) is 50.4 Å². The van der Waals surface area contributed by atoms with Gasteiger partial charge in [0, 0.05) is 32.2 Å². The number of hydrogen-bond donors (Lipinski definition) is 2. The molecule has 1 saturated carbocycles. The van der Waals surface area contributed by atoms with Crippen molar-refractivity contribution in [3.8, 4) is 0 Å². The quantitative estimate of drug-likeness (QED) is 0.544. The number of nitrogens with one attached hydrogen (secondary N) is 2. The Hall–Kier alpha value is -1.08. The predicted octanol–water partition coefficient (Wildman–Crippen LogP) is 2.96. The molecular formula is C20H32F3N3O. The molecule has 3 fully saturated rings. The first-order chi connectivity index (χ1) is 13.0. The summed E-state index contributed by atoms with van der Waals surface area (Å²) in [6.07, 6.45) is 5.37. The molecule has 3 aliphatic rings. The van der Waals surface area contributed by atoms with Crippen molar-refractivity contribution in [1.82, 2.24) is 15.5 Å². The van der Waals surface area contributed by atoms with Gasteiger partial charge in [0.2, 0.25) is 5.91 Å². The van der Waals surface area contributed by atoms with E-state index in [-0.39, 0.29) is 17.7 Å². The minimum Gasteiger partial charge on any atom is -0.352 e. The third-order valence-electron chi connectivity index (χ3n) is 6.91. The van der Waals surface area contributed by atoms with E-state index in [0.717, 1.165) is 32.2 Å². The monoisotopic (exact) mass is 387 g/mol. The molecule has 7 heteroatoms. The van der Waals surface area contributed by atoms with Gasteiger partial charge in [0.05, 0.1) is 0 Å². The summed E-state index contributed by atoms with van der Waals surface area (Å²) in [6, 6.07) is 0.328. The Morgan fingerprint density at radius 2 is 1.96 bits per heavy atom. The van der Waals surface area contributed by atoms with Crippen molar-refractivity contribution in [3.05, 3.63) is 12.7 Å². The molecule has 2 aliphatic heterocycles. The summed E-state index contributed by atoms with van der Waals surface area (Å²) in [5.41, 5.74) is 0. The summed E-state index contributed by atoms with van der Waals surface area (Å²) in [5, 5.41) is 6.50. The van der Waals surface area contributed by atoms with E-state index in [9.17, 15) is 18.0 Å². The fourth-order valence-corrected chi connectivity index (χ4v) is 5.31. The van der Waals surface area contributed by atoms with Crippen LogP contribution in [0.4, 0.5) is 13.2 Å². The Kier molecular flexibility index (Phi) is 7.20. The highest BCUT2D eigenvalue weighted by Crippen LogP contribution is 2.40. The highest BCUT2D eigenvalue weighted by Gasteiger charge is 2.42. The lowest BCUT2D eigenvalue weighted by Gasteiger charge is -2.44. The van der Waals surface area contributed by atoms with Crippen LogP contribution in [0.1, 0.15) is 38.5 Å². The van der Waals surface area contributed by atoms with Gasteiger partial charge in [-0.05, 0) is 68.3 Å². The summed E-state index contributed by atoms with van der Waals surface area (Å²) in [4.78, 5) is 12.8. The number of carbonyl (C=O) groups is 1. The number of hydrogen-bond acceptors (Lipinski definition) is 3. The summed E-state index contributed by atoms with van der Waals surface area (Å²) in [7, 11) is 0. The van der Waals surface area contributed by atoms with Crippen LogP contribution in [0.3, 0.4) is 0 Å². The van der Waals surface area contributed by atoms with Crippen LogP contribution in [0.2, 0.25) is 0 Å². The van der Waals surface area contributed by atoms with E-state index in [1.165, 1.54) is 11.0 Å². The van der Waals surface area contributed by atoms with Crippen molar-refractivity contribution in [2.24, 2.45) is 23.7 Å². The standard InChI is InChI=1S/C20H32F3N3O/c1-2-19(27)25-11-15-10-24-18(13-3-5-16(21)6-4-13)9-17(15)14-7-8-26(12-14)20(22)23/h2,13-18,20,24H,1,3-12H2,(H,25,27). The Morgan fingerprint density at radius 1 is 1.22 bits per heavy atom. The van der Waals surface area contributed by atoms with Crippen LogP contribution < -0.4 is 10.6 Å². The van der Waals surface area contributed by atoms with Gasteiger partial charge in [0.1, 0.15) is 6.17 Å². The van der Waals surface area contributed by atoms with Crippen molar-refractivity contribution in [2.75, 3.05) is 26.2 Å². The zero-order valence-corrected chi connectivity index (χ0v) is 15.9. The third kappa shape index (κ3) is 5.25. The topological polar surface area (TPSA) is 44.4 Å². The fourth-order valence-electron chi connectivity index (χ4n) is 5.31. The molecule has 3 rings (SSSR count). The maximum Gasteiger partial charge on any atom is 0.294 e. The number of alkyl halides is 3. The normalized spacial score (nSPS) is 38.1. The van der Waals surface area contributed by atoms with Gasteiger partial charge in [-0.15, -0.1) is 0 Å². The van der Waals surface area contributed by atoms with Gasteiger partial charge >= 0.3 is 0 Å². The molecule has 0 aromatic rings. The van der Waals surface area contributed by atoms with Gasteiger partial charge in [0.15, 0.2) is 0 Å². The predicted molar refractivity (Wildman–Crippen MR) is 99.1 cm³/mol. The number of carbonyl (C=O) groups excluding carboxylic acids is 1. The van der Waals surface area contributed by atoms with Crippen molar-refractivity contribution in [3.63, 3.8) is 0 Å². The summed E-state index contributed by atoms with van der Waals surface area (Å²) in [5.74, 6) is 1.03. The molecule has 2 saturated heterocycles. The second-order valence-corrected chi connectivity index (χ2v) is 8.46. The van der Waals surface area contributed by atoms with Crippen LogP contribution in [0.5, 0.6) is 0 Å². The number of amides is 1. The molecule has 1 aliphatic carbocycles. The van der Waals surface area contributed by atoms with Gasteiger partial charge in [0.25, 0.3) is 6.55 Å². The van der Waals surface area contributed by atoms with Gasteiger partial charge in [-0.1, -0.05) is 6.58 Å². The molecule has 0 radical (unpaired) electrons. The van der Waals surface area contributed by atoms with Crippen LogP contribution in [0.25, 0.3) is 0 Å². The van der Waals surface area contributed by atoms with Crippen LogP contribution in [-0.4, -0.2) is 55.7 Å². The Bertz CT molecular complexity index is 511.